The van der Waals surface area contributed by atoms with Crippen LogP contribution in [0, 0.1) is 0 Å². The van der Waals surface area contributed by atoms with Crippen molar-refractivity contribution < 1.29 is 14.3 Å². The summed E-state index contributed by atoms with van der Waals surface area (Å²) in [6, 6.07) is 19.1. The second-order valence-electron chi connectivity index (χ2n) is 6.93. The number of nitrogens with zero attached hydrogens (tertiary/aromatic N) is 2. The van der Waals surface area contributed by atoms with Gasteiger partial charge in [-0.2, -0.15) is 0 Å². The van der Waals surface area contributed by atoms with E-state index in [-0.39, 0.29) is 17.2 Å². The minimum absolute atomic E-state index is 0.0414. The van der Waals surface area contributed by atoms with Gasteiger partial charge in [0.1, 0.15) is 11.5 Å². The summed E-state index contributed by atoms with van der Waals surface area (Å²) in [7, 11) is 3.11. The van der Waals surface area contributed by atoms with E-state index < -0.39 is 0 Å². The third kappa shape index (κ3) is 4.97. The number of hydrogen-bond acceptors (Lipinski definition) is 6. The first-order chi connectivity index (χ1) is 16.0. The van der Waals surface area contributed by atoms with Crippen LogP contribution in [-0.2, 0) is 4.79 Å². The number of rotatable bonds is 7. The van der Waals surface area contributed by atoms with Crippen LogP contribution in [-0.4, -0.2) is 35.4 Å². The summed E-state index contributed by atoms with van der Waals surface area (Å²) >= 11 is 7.27. The highest BCUT2D eigenvalue weighted by atomic mass is 35.5. The van der Waals surface area contributed by atoms with Crippen LogP contribution in [0.1, 0.15) is 0 Å². The standard InChI is InChI=1S/C24H20ClN3O4S/c1-31-17-10-8-16(9-11-17)26-22(29)14-33-24-27-19-13-15(25)7-12-18(19)23(30)28(24)20-5-3-4-6-21(20)32-2/h3-13H,14H2,1-2H3,(H,26,29). The van der Waals surface area contributed by atoms with Gasteiger partial charge in [-0.05, 0) is 54.6 Å². The van der Waals surface area contributed by atoms with Crippen LogP contribution in [0.2, 0.25) is 5.02 Å². The van der Waals surface area contributed by atoms with Crippen LogP contribution < -0.4 is 20.3 Å². The Balaban J connectivity index is 1.69. The zero-order valence-corrected chi connectivity index (χ0v) is 19.4. The third-order valence-electron chi connectivity index (χ3n) is 4.83. The molecule has 1 aromatic heterocycles. The first-order valence-corrected chi connectivity index (χ1v) is 11.3. The first-order valence-electron chi connectivity index (χ1n) is 9.92. The van der Waals surface area contributed by atoms with Crippen LogP contribution in [0.25, 0.3) is 16.6 Å². The molecule has 0 atom stereocenters. The molecule has 1 heterocycles. The number of hydrogen-bond donors (Lipinski definition) is 1. The smallest absolute Gasteiger partial charge is 0.266 e. The Morgan fingerprint density at radius 2 is 1.82 bits per heavy atom. The van der Waals surface area contributed by atoms with Gasteiger partial charge in [0, 0.05) is 10.7 Å². The molecule has 4 rings (SSSR count). The van der Waals surface area contributed by atoms with Crippen LogP contribution in [0.5, 0.6) is 11.5 Å². The molecule has 0 bridgehead atoms. The Bertz CT molecular complexity index is 1370. The van der Waals surface area contributed by atoms with E-state index in [1.165, 1.54) is 11.7 Å². The molecule has 1 N–H and O–H groups in total. The summed E-state index contributed by atoms with van der Waals surface area (Å²) in [6.07, 6.45) is 0. The second kappa shape index (κ2) is 9.97. The van der Waals surface area contributed by atoms with Gasteiger partial charge in [-0.3, -0.25) is 14.2 Å². The number of fused-ring (bicyclic) bond motifs is 1. The highest BCUT2D eigenvalue weighted by molar-refractivity contribution is 7.99. The number of methoxy groups -OCH3 is 2. The second-order valence-corrected chi connectivity index (χ2v) is 8.31. The molecule has 0 saturated carbocycles. The van der Waals surface area contributed by atoms with E-state index in [0.717, 1.165) is 11.8 Å². The van der Waals surface area contributed by atoms with E-state index in [2.05, 4.69) is 10.3 Å². The molecule has 0 aliphatic carbocycles. The number of nitrogens with one attached hydrogen (secondary N) is 1. The lowest BCUT2D eigenvalue weighted by Crippen LogP contribution is -2.23. The van der Waals surface area contributed by atoms with E-state index >= 15 is 0 Å². The van der Waals surface area contributed by atoms with Crippen molar-refractivity contribution in [2.45, 2.75) is 5.16 Å². The van der Waals surface area contributed by atoms with Crippen molar-refractivity contribution in [3.63, 3.8) is 0 Å². The number of carbonyl (C=O) groups is 1. The number of para-hydroxylation sites is 2. The first kappa shape index (κ1) is 22.7. The highest BCUT2D eigenvalue weighted by Crippen LogP contribution is 2.28. The molecule has 0 aliphatic heterocycles. The van der Waals surface area contributed by atoms with Gasteiger partial charge in [-0.1, -0.05) is 35.5 Å². The fraction of sp³-hybridized carbons (Fsp3) is 0.125. The summed E-state index contributed by atoms with van der Waals surface area (Å²) in [5.41, 5.74) is 1.35. The molecular weight excluding hydrogens is 462 g/mol. The van der Waals surface area contributed by atoms with Gasteiger partial charge in [-0.25, -0.2) is 4.98 Å². The van der Waals surface area contributed by atoms with Crippen molar-refractivity contribution in [3.05, 3.63) is 82.1 Å². The average molecular weight is 482 g/mol. The van der Waals surface area contributed by atoms with E-state index in [1.54, 1.807) is 67.8 Å². The maximum Gasteiger partial charge on any atom is 0.266 e. The summed E-state index contributed by atoms with van der Waals surface area (Å²) in [6.45, 7) is 0. The number of aromatic nitrogens is 2. The van der Waals surface area contributed by atoms with Crippen LogP contribution in [0.15, 0.2) is 76.7 Å². The average Bonchev–Trinajstić information content (AvgIpc) is 2.83. The number of amides is 1. The molecule has 1 amide bonds. The van der Waals surface area contributed by atoms with Gasteiger partial charge in [0.2, 0.25) is 5.91 Å². The predicted octanol–water partition coefficient (Wildman–Crippen LogP) is 4.79. The van der Waals surface area contributed by atoms with Gasteiger partial charge in [0.05, 0.1) is 36.6 Å². The number of anilines is 1. The maximum absolute atomic E-state index is 13.4. The minimum atomic E-state index is -0.278. The zero-order chi connectivity index (χ0) is 23.4. The summed E-state index contributed by atoms with van der Waals surface area (Å²) in [5.74, 6) is 1.01. The lowest BCUT2D eigenvalue weighted by Gasteiger charge is -2.15. The molecule has 0 fully saturated rings. The maximum atomic E-state index is 13.4. The number of thioether (sulfide) groups is 1. The fourth-order valence-corrected chi connectivity index (χ4v) is 4.24. The normalized spacial score (nSPS) is 10.8. The number of ether oxygens (including phenoxy) is 2. The van der Waals surface area contributed by atoms with Crippen molar-refractivity contribution in [3.8, 4) is 17.2 Å². The highest BCUT2D eigenvalue weighted by Gasteiger charge is 2.17. The Kier molecular flexibility index (Phi) is 6.86. The van der Waals surface area contributed by atoms with Gasteiger partial charge >= 0.3 is 0 Å². The number of benzene rings is 3. The fourth-order valence-electron chi connectivity index (χ4n) is 3.26. The Hall–Kier alpha value is -3.49. The third-order valence-corrected chi connectivity index (χ3v) is 6.01. The van der Waals surface area contributed by atoms with E-state index in [9.17, 15) is 9.59 Å². The largest absolute Gasteiger partial charge is 0.497 e. The molecule has 0 radical (unpaired) electrons. The molecule has 0 spiro atoms. The molecule has 0 aliphatic rings. The van der Waals surface area contributed by atoms with Gasteiger partial charge in [0.25, 0.3) is 5.56 Å². The lowest BCUT2D eigenvalue weighted by atomic mass is 10.2. The molecule has 3 aromatic carbocycles. The van der Waals surface area contributed by atoms with Gasteiger partial charge in [-0.15, -0.1) is 0 Å². The summed E-state index contributed by atoms with van der Waals surface area (Å²) in [5, 5.41) is 4.07. The molecule has 0 unspecified atom stereocenters. The molecule has 7 nitrogen and oxygen atoms in total. The monoisotopic (exact) mass is 481 g/mol. The van der Waals surface area contributed by atoms with Crippen molar-refractivity contribution in [2.75, 3.05) is 25.3 Å². The van der Waals surface area contributed by atoms with E-state index in [4.69, 9.17) is 21.1 Å². The molecule has 33 heavy (non-hydrogen) atoms. The van der Waals surface area contributed by atoms with Crippen molar-refractivity contribution >= 4 is 45.9 Å². The van der Waals surface area contributed by atoms with E-state index in [1.807, 2.05) is 6.07 Å². The topological polar surface area (TPSA) is 82.5 Å². The van der Waals surface area contributed by atoms with E-state index in [0.29, 0.717) is 44.0 Å². The number of halogens is 1. The van der Waals surface area contributed by atoms with Crippen molar-refractivity contribution in [1.82, 2.24) is 9.55 Å². The summed E-state index contributed by atoms with van der Waals surface area (Å²) < 4.78 is 12.0. The lowest BCUT2D eigenvalue weighted by molar-refractivity contribution is -0.113. The predicted molar refractivity (Wildman–Crippen MR) is 131 cm³/mol. The van der Waals surface area contributed by atoms with Gasteiger partial charge < -0.3 is 14.8 Å². The SMILES string of the molecule is COc1ccc(NC(=O)CSc2nc3cc(Cl)ccc3c(=O)n2-c2ccccc2OC)cc1. The summed E-state index contributed by atoms with van der Waals surface area (Å²) in [4.78, 5) is 30.7. The van der Waals surface area contributed by atoms with Gasteiger partial charge in [0.15, 0.2) is 5.16 Å². The van der Waals surface area contributed by atoms with Crippen LogP contribution >= 0.6 is 23.4 Å². The number of carbonyl (C=O) groups excluding carboxylic acids is 1. The molecule has 0 saturated heterocycles. The Morgan fingerprint density at radius 1 is 1.06 bits per heavy atom. The zero-order valence-electron chi connectivity index (χ0n) is 17.9. The molecular formula is C24H20ClN3O4S. The Morgan fingerprint density at radius 3 is 2.55 bits per heavy atom. The van der Waals surface area contributed by atoms with Crippen LogP contribution in [0.4, 0.5) is 5.69 Å². The molecule has 4 aromatic rings. The molecule has 9 heteroatoms. The minimum Gasteiger partial charge on any atom is -0.497 e. The van der Waals surface area contributed by atoms with Crippen molar-refractivity contribution in [1.29, 1.82) is 0 Å². The van der Waals surface area contributed by atoms with Crippen LogP contribution in [0.3, 0.4) is 0 Å². The molecule has 168 valence electrons. The Labute approximate surface area is 199 Å². The quantitative estimate of drug-likeness (QED) is 0.302. The van der Waals surface area contributed by atoms with Crippen molar-refractivity contribution in [2.24, 2.45) is 0 Å².